The minimum Gasteiger partial charge on any atom is -0.455 e. The number of pyridine rings is 1. The van der Waals surface area contributed by atoms with Gasteiger partial charge in [-0.1, -0.05) is 0 Å². The molecule has 0 saturated carbocycles. The van der Waals surface area contributed by atoms with Crippen molar-refractivity contribution in [3.8, 4) is 11.5 Å². The fourth-order valence-electron chi connectivity index (χ4n) is 2.61. The first-order chi connectivity index (χ1) is 12.7. The number of benzene rings is 2. The van der Waals surface area contributed by atoms with E-state index >= 15 is 0 Å². The van der Waals surface area contributed by atoms with Crippen LogP contribution < -0.4 is 10.1 Å². The molecule has 0 aliphatic carbocycles. The number of Topliss-reactive ketones (excluding diaryl/α,β-unsaturated/α-hetero) is 1. The first-order valence-electron chi connectivity index (χ1n) is 8.03. The summed E-state index contributed by atoms with van der Waals surface area (Å²) in [5, 5.41) is 3.18. The Morgan fingerprint density at radius 3 is 2.38 bits per heavy atom. The number of hydrogen-bond donors (Lipinski definition) is 1. The highest BCUT2D eigenvalue weighted by molar-refractivity contribution is 6.29. The average Bonchev–Trinajstić information content (AvgIpc) is 2.65. The van der Waals surface area contributed by atoms with Gasteiger partial charge in [-0.15, -0.1) is 0 Å². The number of carbonyl (C=O) groups is 1. The standard InChI is InChI=1S/C20H14FN3O2/c21-13-1-3-14(4-2-13)24-15-5-7-17(8-6-15)26-19-9-10-22-18-11-16(25)12-23-20(18)19/h1-10,12,24H,11H2. The largest absolute Gasteiger partial charge is 0.455 e. The first-order valence-corrected chi connectivity index (χ1v) is 8.03. The molecule has 0 bridgehead atoms. The van der Waals surface area contributed by atoms with Gasteiger partial charge in [-0.2, -0.15) is 0 Å². The molecule has 0 atom stereocenters. The third-order valence-corrected chi connectivity index (χ3v) is 3.86. The maximum atomic E-state index is 12.9. The number of ether oxygens (including phenoxy) is 1. The number of rotatable bonds is 4. The Kier molecular flexibility index (Phi) is 4.15. The van der Waals surface area contributed by atoms with Gasteiger partial charge >= 0.3 is 0 Å². The van der Waals surface area contributed by atoms with Crippen LogP contribution in [0.15, 0.2) is 65.8 Å². The third-order valence-electron chi connectivity index (χ3n) is 3.86. The van der Waals surface area contributed by atoms with Crippen LogP contribution in [0.1, 0.15) is 5.69 Å². The second-order valence-electron chi connectivity index (χ2n) is 5.76. The predicted octanol–water partition coefficient (Wildman–Crippen LogP) is 4.58. The molecule has 0 amide bonds. The molecule has 0 radical (unpaired) electrons. The van der Waals surface area contributed by atoms with Crippen LogP contribution >= 0.6 is 0 Å². The Bertz CT molecular complexity index is 983. The van der Waals surface area contributed by atoms with Crippen molar-refractivity contribution in [2.24, 2.45) is 4.99 Å². The van der Waals surface area contributed by atoms with Crippen LogP contribution in [0.5, 0.6) is 11.5 Å². The van der Waals surface area contributed by atoms with Gasteiger partial charge in [-0.3, -0.25) is 9.78 Å². The second-order valence-corrected chi connectivity index (χ2v) is 5.76. The molecule has 2 heterocycles. The van der Waals surface area contributed by atoms with Gasteiger partial charge in [0.25, 0.3) is 0 Å². The summed E-state index contributed by atoms with van der Waals surface area (Å²) < 4.78 is 18.8. The van der Waals surface area contributed by atoms with E-state index in [0.717, 1.165) is 11.4 Å². The van der Waals surface area contributed by atoms with Gasteiger partial charge in [0, 0.05) is 23.6 Å². The zero-order valence-corrected chi connectivity index (χ0v) is 13.6. The van der Waals surface area contributed by atoms with Gasteiger partial charge in [0.1, 0.15) is 17.3 Å². The number of carbonyl (C=O) groups excluding carboxylic acids is 1. The molecule has 4 rings (SSSR count). The normalized spacial score (nSPS) is 12.6. The zero-order chi connectivity index (χ0) is 17.9. The average molecular weight is 347 g/mol. The summed E-state index contributed by atoms with van der Waals surface area (Å²) in [5.41, 5.74) is 2.84. The SMILES string of the molecule is O=C1C=Nc2c(Oc3ccc(Nc4ccc(F)cc4)cc3)ccnc2C1. The summed E-state index contributed by atoms with van der Waals surface area (Å²) in [4.78, 5) is 19.8. The molecule has 1 aliphatic heterocycles. The Morgan fingerprint density at radius 2 is 1.65 bits per heavy atom. The van der Waals surface area contributed by atoms with E-state index in [9.17, 15) is 9.18 Å². The van der Waals surface area contributed by atoms with Crippen molar-refractivity contribution in [2.45, 2.75) is 6.42 Å². The Morgan fingerprint density at radius 1 is 0.962 bits per heavy atom. The fraction of sp³-hybridized carbons (Fsp3) is 0.0500. The van der Waals surface area contributed by atoms with Gasteiger partial charge in [0.15, 0.2) is 11.5 Å². The highest BCUT2D eigenvalue weighted by Gasteiger charge is 2.17. The Hall–Kier alpha value is -3.54. The van der Waals surface area contributed by atoms with Gasteiger partial charge in [0.2, 0.25) is 0 Å². The summed E-state index contributed by atoms with van der Waals surface area (Å²) in [6.45, 7) is 0. The van der Waals surface area contributed by atoms with Crippen LogP contribution in [0.2, 0.25) is 0 Å². The van der Waals surface area contributed by atoms with E-state index in [4.69, 9.17) is 4.74 Å². The number of hydrogen-bond acceptors (Lipinski definition) is 5. The Balaban J connectivity index is 1.50. The predicted molar refractivity (Wildman–Crippen MR) is 97.3 cm³/mol. The quantitative estimate of drug-likeness (QED) is 0.750. The van der Waals surface area contributed by atoms with Crippen LogP contribution in [0.25, 0.3) is 0 Å². The zero-order valence-electron chi connectivity index (χ0n) is 13.6. The van der Waals surface area contributed by atoms with E-state index in [-0.39, 0.29) is 18.0 Å². The summed E-state index contributed by atoms with van der Waals surface area (Å²) >= 11 is 0. The molecule has 5 nitrogen and oxygen atoms in total. The van der Waals surface area contributed by atoms with Crippen molar-refractivity contribution in [1.29, 1.82) is 0 Å². The van der Waals surface area contributed by atoms with Crippen molar-refractivity contribution in [3.05, 3.63) is 72.3 Å². The molecule has 0 spiro atoms. The van der Waals surface area contributed by atoms with Crippen molar-refractivity contribution in [2.75, 3.05) is 5.32 Å². The number of aliphatic imine (C=N–C) groups is 1. The molecule has 2 aromatic carbocycles. The smallest absolute Gasteiger partial charge is 0.179 e. The molecular formula is C20H14FN3O2. The molecular weight excluding hydrogens is 333 g/mol. The van der Waals surface area contributed by atoms with Gasteiger partial charge in [-0.05, 0) is 48.5 Å². The fourth-order valence-corrected chi connectivity index (χ4v) is 2.61. The molecule has 1 aliphatic rings. The maximum Gasteiger partial charge on any atom is 0.179 e. The van der Waals surface area contributed by atoms with Crippen LogP contribution in [0, 0.1) is 5.82 Å². The van der Waals surface area contributed by atoms with Crippen LogP contribution in [-0.4, -0.2) is 17.0 Å². The molecule has 3 aromatic rings. The number of fused-ring (bicyclic) bond motifs is 1. The van der Waals surface area contributed by atoms with Gasteiger partial charge < -0.3 is 10.1 Å². The summed E-state index contributed by atoms with van der Waals surface area (Å²) in [5.74, 6) is 0.843. The number of anilines is 2. The number of aromatic nitrogens is 1. The lowest BCUT2D eigenvalue weighted by atomic mass is 10.1. The lowest BCUT2D eigenvalue weighted by Crippen LogP contribution is -2.10. The third kappa shape index (κ3) is 3.44. The number of halogens is 1. The van der Waals surface area contributed by atoms with Gasteiger partial charge in [0.05, 0.1) is 18.3 Å². The molecule has 0 fully saturated rings. The van der Waals surface area contributed by atoms with Crippen LogP contribution in [0.4, 0.5) is 21.5 Å². The van der Waals surface area contributed by atoms with Crippen molar-refractivity contribution < 1.29 is 13.9 Å². The van der Waals surface area contributed by atoms with Crippen molar-refractivity contribution in [3.63, 3.8) is 0 Å². The molecule has 1 N–H and O–H groups in total. The molecule has 0 saturated heterocycles. The van der Waals surface area contributed by atoms with E-state index in [1.54, 1.807) is 24.4 Å². The van der Waals surface area contributed by atoms with E-state index in [1.165, 1.54) is 18.3 Å². The van der Waals surface area contributed by atoms with E-state index in [2.05, 4.69) is 15.3 Å². The Labute approximate surface area is 149 Å². The molecule has 6 heteroatoms. The van der Waals surface area contributed by atoms with Gasteiger partial charge in [-0.25, -0.2) is 9.38 Å². The number of nitrogens with one attached hydrogen (secondary N) is 1. The highest BCUT2D eigenvalue weighted by atomic mass is 19.1. The number of nitrogens with zero attached hydrogens (tertiary/aromatic N) is 2. The second kappa shape index (κ2) is 6.76. The molecule has 0 unspecified atom stereocenters. The summed E-state index contributed by atoms with van der Waals surface area (Å²) in [6, 6.07) is 15.2. The maximum absolute atomic E-state index is 12.9. The number of ketones is 1. The van der Waals surface area contributed by atoms with Crippen molar-refractivity contribution >= 4 is 29.1 Å². The van der Waals surface area contributed by atoms with Crippen molar-refractivity contribution in [1.82, 2.24) is 4.98 Å². The molecule has 1 aromatic heterocycles. The summed E-state index contributed by atoms with van der Waals surface area (Å²) in [7, 11) is 0. The summed E-state index contributed by atoms with van der Waals surface area (Å²) in [6.07, 6.45) is 3.13. The lowest BCUT2D eigenvalue weighted by Gasteiger charge is -2.13. The monoisotopic (exact) mass is 347 g/mol. The molecule has 128 valence electrons. The highest BCUT2D eigenvalue weighted by Crippen LogP contribution is 2.35. The van der Waals surface area contributed by atoms with Crippen LogP contribution in [-0.2, 0) is 11.2 Å². The topological polar surface area (TPSA) is 63.6 Å². The van der Waals surface area contributed by atoms with Crippen LogP contribution in [0.3, 0.4) is 0 Å². The van der Waals surface area contributed by atoms with E-state index in [1.807, 2.05) is 24.3 Å². The van der Waals surface area contributed by atoms with E-state index in [0.29, 0.717) is 22.9 Å². The first kappa shape index (κ1) is 16.0. The van der Waals surface area contributed by atoms with E-state index < -0.39 is 0 Å². The minimum absolute atomic E-state index is 0.0710. The lowest BCUT2D eigenvalue weighted by molar-refractivity contribution is -0.112. The minimum atomic E-state index is -0.274. The molecule has 26 heavy (non-hydrogen) atoms.